The summed E-state index contributed by atoms with van der Waals surface area (Å²) in [7, 11) is 0. The van der Waals surface area contributed by atoms with E-state index >= 15 is 0 Å². The van der Waals surface area contributed by atoms with Crippen LogP contribution in [0.2, 0.25) is 0 Å². The number of hydrogen-bond donors (Lipinski definition) is 0. The van der Waals surface area contributed by atoms with E-state index in [2.05, 4.69) is 50.9 Å². The maximum Gasteiger partial charge on any atom is 0.0938 e. The quantitative estimate of drug-likeness (QED) is 0.635. The van der Waals surface area contributed by atoms with E-state index in [-0.39, 0.29) is 7.43 Å². The van der Waals surface area contributed by atoms with Gasteiger partial charge in [-0.2, -0.15) is 5.10 Å². The van der Waals surface area contributed by atoms with Crippen molar-refractivity contribution in [2.75, 3.05) is 0 Å². The monoisotopic (exact) mass is 337 g/mol. The van der Waals surface area contributed by atoms with Gasteiger partial charge in [0, 0.05) is 21.4 Å². The lowest BCUT2D eigenvalue weighted by atomic mass is 10.3. The van der Waals surface area contributed by atoms with Gasteiger partial charge in [-0.05, 0) is 46.9 Å². The molecule has 2 aromatic heterocycles. The molecule has 0 N–H and O–H groups in total. The molecule has 0 amide bonds. The summed E-state index contributed by atoms with van der Waals surface area (Å²) in [5.74, 6) is 0. The molecule has 0 aliphatic rings. The second kappa shape index (κ2) is 4.83. The Morgan fingerprint density at radius 3 is 2.82 bits per heavy atom. The Labute approximate surface area is 114 Å². The second-order valence-electron chi connectivity index (χ2n) is 3.49. The van der Waals surface area contributed by atoms with Crippen LogP contribution in [0.5, 0.6) is 0 Å². The van der Waals surface area contributed by atoms with Crippen LogP contribution < -0.4 is 0 Å². The van der Waals surface area contributed by atoms with E-state index in [0.717, 1.165) is 16.6 Å². The molecule has 0 spiro atoms. The number of rotatable bonds is 1. The summed E-state index contributed by atoms with van der Waals surface area (Å²) in [6.45, 7) is 0. The number of hydrogen-bond acceptors (Lipinski definition) is 2. The third-order valence-corrected chi connectivity index (χ3v) is 3.05. The Morgan fingerprint density at radius 1 is 1.18 bits per heavy atom. The molecule has 0 aliphatic carbocycles. The van der Waals surface area contributed by atoms with Crippen LogP contribution in [0.3, 0.4) is 0 Å². The lowest BCUT2D eigenvalue weighted by Gasteiger charge is -1.97. The minimum Gasteiger partial charge on any atom is -0.262 e. The topological polar surface area (TPSA) is 30.7 Å². The highest BCUT2D eigenvalue weighted by Gasteiger charge is 2.02. The maximum atomic E-state index is 4.52. The summed E-state index contributed by atoms with van der Waals surface area (Å²) >= 11 is 2.29. The van der Waals surface area contributed by atoms with Crippen molar-refractivity contribution in [3.05, 3.63) is 52.5 Å². The number of fused-ring (bicyclic) bond motifs is 1. The summed E-state index contributed by atoms with van der Waals surface area (Å²) in [5, 5.41) is 5.66. The van der Waals surface area contributed by atoms with E-state index in [0.29, 0.717) is 0 Å². The lowest BCUT2D eigenvalue weighted by Crippen LogP contribution is -1.93. The Balaban J connectivity index is 0.00000108. The Bertz CT molecular complexity index is 631. The lowest BCUT2D eigenvalue weighted by molar-refractivity contribution is 0.889. The predicted molar refractivity (Wildman–Crippen MR) is 78.3 cm³/mol. The van der Waals surface area contributed by atoms with Crippen LogP contribution in [-0.4, -0.2) is 14.8 Å². The van der Waals surface area contributed by atoms with Gasteiger partial charge < -0.3 is 0 Å². The van der Waals surface area contributed by atoms with Crippen LogP contribution in [0.4, 0.5) is 0 Å². The molecule has 2 heterocycles. The van der Waals surface area contributed by atoms with E-state index in [1.54, 1.807) is 12.4 Å². The second-order valence-corrected chi connectivity index (χ2v) is 4.73. The van der Waals surface area contributed by atoms with Gasteiger partial charge in [0.1, 0.15) is 0 Å². The molecule has 3 aromatic rings. The molecule has 1 aromatic carbocycles. The first kappa shape index (κ1) is 12.0. The SMILES string of the molecule is C.Ic1ccc2cn(-c3cccnc3)nc2c1. The fourth-order valence-corrected chi connectivity index (χ4v) is 2.09. The van der Waals surface area contributed by atoms with Crippen LogP contribution in [0.1, 0.15) is 7.43 Å². The van der Waals surface area contributed by atoms with Crippen molar-refractivity contribution in [1.82, 2.24) is 14.8 Å². The molecule has 86 valence electrons. The van der Waals surface area contributed by atoms with Crippen LogP contribution in [0.15, 0.2) is 48.9 Å². The molecular formula is C13H12IN3. The molecule has 0 unspecified atom stereocenters. The molecule has 0 saturated heterocycles. The first-order valence-electron chi connectivity index (χ1n) is 4.88. The average Bonchev–Trinajstić information content (AvgIpc) is 2.73. The number of nitrogens with zero attached hydrogens (tertiary/aromatic N) is 3. The van der Waals surface area contributed by atoms with E-state index in [1.807, 2.05) is 23.0 Å². The van der Waals surface area contributed by atoms with Crippen molar-refractivity contribution in [3.63, 3.8) is 0 Å². The predicted octanol–water partition coefficient (Wildman–Crippen LogP) is 3.66. The summed E-state index contributed by atoms with van der Waals surface area (Å²) in [4.78, 5) is 4.09. The zero-order chi connectivity index (χ0) is 11.0. The van der Waals surface area contributed by atoms with Gasteiger partial charge in [-0.1, -0.05) is 13.5 Å². The van der Waals surface area contributed by atoms with Crippen molar-refractivity contribution in [2.45, 2.75) is 7.43 Å². The van der Waals surface area contributed by atoms with Gasteiger partial charge >= 0.3 is 0 Å². The van der Waals surface area contributed by atoms with E-state index in [4.69, 9.17) is 0 Å². The summed E-state index contributed by atoms with van der Waals surface area (Å²) in [5.41, 5.74) is 1.99. The minimum absolute atomic E-state index is 0. The Morgan fingerprint density at radius 2 is 2.06 bits per heavy atom. The van der Waals surface area contributed by atoms with Crippen LogP contribution in [-0.2, 0) is 0 Å². The van der Waals surface area contributed by atoms with Gasteiger partial charge in [0.05, 0.1) is 17.4 Å². The standard InChI is InChI=1S/C12H8IN3.CH4/c13-10-4-3-9-8-16(15-12(9)6-10)11-2-1-5-14-7-11;/h1-8H;1H4. The van der Waals surface area contributed by atoms with Gasteiger partial charge in [-0.15, -0.1) is 0 Å². The van der Waals surface area contributed by atoms with Gasteiger partial charge in [0.2, 0.25) is 0 Å². The molecular weight excluding hydrogens is 325 g/mol. The highest BCUT2D eigenvalue weighted by Crippen LogP contribution is 2.17. The van der Waals surface area contributed by atoms with E-state index in [1.165, 1.54) is 3.57 Å². The van der Waals surface area contributed by atoms with Crippen molar-refractivity contribution >= 4 is 33.5 Å². The van der Waals surface area contributed by atoms with Crippen molar-refractivity contribution < 1.29 is 0 Å². The largest absolute Gasteiger partial charge is 0.262 e. The summed E-state index contributed by atoms with van der Waals surface area (Å²) < 4.78 is 3.05. The number of aromatic nitrogens is 3. The van der Waals surface area contributed by atoms with Gasteiger partial charge in [0.15, 0.2) is 0 Å². The zero-order valence-corrected chi connectivity index (χ0v) is 10.5. The van der Waals surface area contributed by atoms with E-state index < -0.39 is 0 Å². The molecule has 3 nitrogen and oxygen atoms in total. The van der Waals surface area contributed by atoms with Crippen LogP contribution >= 0.6 is 22.6 Å². The maximum absolute atomic E-state index is 4.52. The van der Waals surface area contributed by atoms with Crippen molar-refractivity contribution in [1.29, 1.82) is 0 Å². The Hall–Kier alpha value is -1.43. The summed E-state index contributed by atoms with van der Waals surface area (Å²) in [6, 6.07) is 10.1. The smallest absolute Gasteiger partial charge is 0.0938 e. The highest BCUT2D eigenvalue weighted by molar-refractivity contribution is 14.1. The normalized spacial score (nSPS) is 10.2. The molecule has 3 rings (SSSR count). The first-order chi connectivity index (χ1) is 7.83. The fraction of sp³-hybridized carbons (Fsp3) is 0.0769. The van der Waals surface area contributed by atoms with E-state index in [9.17, 15) is 0 Å². The summed E-state index contributed by atoms with van der Waals surface area (Å²) in [6.07, 6.45) is 5.58. The molecule has 0 fully saturated rings. The minimum atomic E-state index is 0. The molecule has 0 saturated carbocycles. The van der Waals surface area contributed by atoms with Crippen LogP contribution in [0, 0.1) is 3.57 Å². The fourth-order valence-electron chi connectivity index (χ4n) is 1.61. The first-order valence-corrected chi connectivity index (χ1v) is 5.96. The number of pyridine rings is 1. The van der Waals surface area contributed by atoms with Gasteiger partial charge in [-0.25, -0.2) is 4.68 Å². The number of benzene rings is 1. The molecule has 0 aliphatic heterocycles. The third kappa shape index (κ3) is 2.31. The van der Waals surface area contributed by atoms with Crippen molar-refractivity contribution in [2.24, 2.45) is 0 Å². The Kier molecular flexibility index (Phi) is 3.42. The average molecular weight is 337 g/mol. The molecule has 0 bridgehead atoms. The van der Waals surface area contributed by atoms with Gasteiger partial charge in [-0.3, -0.25) is 4.98 Å². The highest BCUT2D eigenvalue weighted by atomic mass is 127. The van der Waals surface area contributed by atoms with Crippen molar-refractivity contribution in [3.8, 4) is 5.69 Å². The molecule has 4 heteroatoms. The van der Waals surface area contributed by atoms with Gasteiger partial charge in [0.25, 0.3) is 0 Å². The molecule has 17 heavy (non-hydrogen) atoms. The molecule has 0 atom stereocenters. The third-order valence-electron chi connectivity index (χ3n) is 2.38. The zero-order valence-electron chi connectivity index (χ0n) is 8.34. The molecule has 0 radical (unpaired) electrons. The van der Waals surface area contributed by atoms with Crippen LogP contribution in [0.25, 0.3) is 16.6 Å². The number of halogens is 1.